The molecule has 0 radical (unpaired) electrons. The molecular weight excluding hydrogens is 256 g/mol. The van der Waals surface area contributed by atoms with Gasteiger partial charge in [0.1, 0.15) is 0 Å². The second-order valence-corrected chi connectivity index (χ2v) is 6.92. The number of hydrogen-bond donors (Lipinski definition) is 0. The summed E-state index contributed by atoms with van der Waals surface area (Å²) >= 11 is 0. The number of carbonyl (C=O) groups is 1. The van der Waals surface area contributed by atoms with Crippen molar-refractivity contribution in [3.63, 3.8) is 0 Å². The van der Waals surface area contributed by atoms with E-state index in [1.807, 2.05) is 12.1 Å². The molecule has 0 aromatic heterocycles. The van der Waals surface area contributed by atoms with Gasteiger partial charge in [-0.15, -0.1) is 0 Å². The summed E-state index contributed by atoms with van der Waals surface area (Å²) in [5.41, 5.74) is 5.68. The van der Waals surface area contributed by atoms with Crippen molar-refractivity contribution in [1.29, 1.82) is 0 Å². The minimum Gasteiger partial charge on any atom is -0.294 e. The van der Waals surface area contributed by atoms with E-state index < -0.39 is 0 Å². The predicted molar refractivity (Wildman–Crippen MR) is 89.1 cm³/mol. The number of carbonyl (C=O) groups excluding carboxylic acids is 1. The number of ketones is 1. The van der Waals surface area contributed by atoms with E-state index in [1.54, 1.807) is 0 Å². The highest BCUT2D eigenvalue weighted by Gasteiger charge is 2.14. The van der Waals surface area contributed by atoms with Gasteiger partial charge in [0, 0.05) is 12.0 Å². The smallest absolute Gasteiger partial charge is 0.167 e. The van der Waals surface area contributed by atoms with Crippen LogP contribution in [0.3, 0.4) is 0 Å². The Hall–Kier alpha value is -1.89. The van der Waals surface area contributed by atoms with E-state index in [1.165, 1.54) is 16.7 Å². The third kappa shape index (κ3) is 4.04. The Labute approximate surface area is 128 Å². The highest BCUT2D eigenvalue weighted by atomic mass is 16.1. The van der Waals surface area contributed by atoms with Gasteiger partial charge in [0.2, 0.25) is 0 Å². The second-order valence-electron chi connectivity index (χ2n) is 6.92. The summed E-state index contributed by atoms with van der Waals surface area (Å²) < 4.78 is 0. The van der Waals surface area contributed by atoms with Gasteiger partial charge in [-0.05, 0) is 30.4 Å². The van der Waals surface area contributed by atoms with Gasteiger partial charge in [-0.2, -0.15) is 0 Å². The molecule has 0 N–H and O–H groups in total. The number of aryl methyl sites for hydroxylation is 2. The minimum absolute atomic E-state index is 0.120. The van der Waals surface area contributed by atoms with Gasteiger partial charge in [-0.3, -0.25) is 4.79 Å². The van der Waals surface area contributed by atoms with Crippen LogP contribution in [0.5, 0.6) is 0 Å². The largest absolute Gasteiger partial charge is 0.294 e. The van der Waals surface area contributed by atoms with Crippen LogP contribution >= 0.6 is 0 Å². The molecule has 1 heteroatoms. The first-order valence-electron chi connectivity index (χ1n) is 7.46. The molecule has 0 amide bonds. The summed E-state index contributed by atoms with van der Waals surface area (Å²) in [6.45, 7) is 10.7. The Kier molecular flexibility index (Phi) is 4.32. The van der Waals surface area contributed by atoms with Crippen LogP contribution in [0, 0.1) is 13.8 Å². The second kappa shape index (κ2) is 5.85. The molecule has 0 unspecified atom stereocenters. The fourth-order valence-corrected chi connectivity index (χ4v) is 2.61. The topological polar surface area (TPSA) is 17.1 Å². The minimum atomic E-state index is 0.120. The lowest BCUT2D eigenvalue weighted by Gasteiger charge is -2.19. The maximum Gasteiger partial charge on any atom is 0.167 e. The third-order valence-corrected chi connectivity index (χ3v) is 3.72. The first-order chi connectivity index (χ1) is 9.75. The lowest BCUT2D eigenvalue weighted by atomic mass is 9.86. The van der Waals surface area contributed by atoms with Gasteiger partial charge in [-0.1, -0.05) is 74.4 Å². The van der Waals surface area contributed by atoms with Crippen molar-refractivity contribution >= 4 is 5.78 Å². The van der Waals surface area contributed by atoms with Crippen molar-refractivity contribution in [3.8, 4) is 0 Å². The van der Waals surface area contributed by atoms with Crippen LogP contribution < -0.4 is 0 Å². The van der Waals surface area contributed by atoms with Crippen LogP contribution in [0.2, 0.25) is 0 Å². The summed E-state index contributed by atoms with van der Waals surface area (Å²) in [6, 6.07) is 14.3. The molecule has 0 aliphatic rings. The molecule has 0 aliphatic carbocycles. The normalized spacial score (nSPS) is 11.5. The lowest BCUT2D eigenvalue weighted by Crippen LogP contribution is -2.11. The fourth-order valence-electron chi connectivity index (χ4n) is 2.61. The average Bonchev–Trinajstić information content (AvgIpc) is 2.36. The van der Waals surface area contributed by atoms with Crippen molar-refractivity contribution in [2.45, 2.75) is 46.5 Å². The van der Waals surface area contributed by atoms with Crippen molar-refractivity contribution in [1.82, 2.24) is 0 Å². The zero-order valence-electron chi connectivity index (χ0n) is 13.7. The molecule has 0 spiro atoms. The van der Waals surface area contributed by atoms with Crippen LogP contribution in [0.15, 0.2) is 42.5 Å². The molecular formula is C20H24O. The van der Waals surface area contributed by atoms with E-state index in [9.17, 15) is 4.79 Å². The highest BCUT2D eigenvalue weighted by Crippen LogP contribution is 2.22. The molecule has 2 rings (SSSR count). The van der Waals surface area contributed by atoms with Crippen molar-refractivity contribution < 1.29 is 4.79 Å². The summed E-state index contributed by atoms with van der Waals surface area (Å²) in [7, 11) is 0. The van der Waals surface area contributed by atoms with Crippen LogP contribution in [-0.2, 0) is 11.8 Å². The molecule has 0 bridgehead atoms. The Bertz CT molecular complexity index is 622. The molecule has 0 saturated heterocycles. The van der Waals surface area contributed by atoms with Crippen LogP contribution in [0.4, 0.5) is 0 Å². The van der Waals surface area contributed by atoms with E-state index in [0.717, 1.165) is 11.1 Å². The summed E-state index contributed by atoms with van der Waals surface area (Å²) in [5.74, 6) is 0.181. The maximum absolute atomic E-state index is 12.4. The number of hydrogen-bond acceptors (Lipinski definition) is 1. The van der Waals surface area contributed by atoms with E-state index in [-0.39, 0.29) is 11.2 Å². The van der Waals surface area contributed by atoms with Gasteiger partial charge in [0.05, 0.1) is 0 Å². The van der Waals surface area contributed by atoms with E-state index in [4.69, 9.17) is 0 Å². The molecule has 0 heterocycles. The Balaban J connectivity index is 2.17. The average molecular weight is 280 g/mol. The van der Waals surface area contributed by atoms with Gasteiger partial charge in [0.25, 0.3) is 0 Å². The highest BCUT2D eigenvalue weighted by molar-refractivity contribution is 5.97. The number of rotatable bonds is 3. The Morgan fingerprint density at radius 1 is 0.905 bits per heavy atom. The summed E-state index contributed by atoms with van der Waals surface area (Å²) in [6.07, 6.45) is 0.470. The first kappa shape index (κ1) is 15.5. The molecule has 1 nitrogen and oxygen atoms in total. The standard InChI is InChI=1S/C20H24O/c1-14-10-15(2)12-16(11-14)13-19(21)17-6-8-18(9-7-17)20(3,4)5/h6-12H,13H2,1-5H3. The van der Waals surface area contributed by atoms with E-state index in [0.29, 0.717) is 6.42 Å². The summed E-state index contributed by atoms with van der Waals surface area (Å²) in [4.78, 5) is 12.4. The molecule has 2 aromatic carbocycles. The zero-order chi connectivity index (χ0) is 15.6. The molecule has 2 aromatic rings. The molecule has 0 aliphatic heterocycles. The third-order valence-electron chi connectivity index (χ3n) is 3.72. The Morgan fingerprint density at radius 2 is 1.43 bits per heavy atom. The number of benzene rings is 2. The molecule has 0 fully saturated rings. The van der Waals surface area contributed by atoms with E-state index in [2.05, 4.69) is 65.0 Å². The van der Waals surface area contributed by atoms with Crippen LogP contribution in [0.1, 0.15) is 53.4 Å². The van der Waals surface area contributed by atoms with Crippen molar-refractivity contribution in [3.05, 3.63) is 70.3 Å². The van der Waals surface area contributed by atoms with Gasteiger partial charge >= 0.3 is 0 Å². The van der Waals surface area contributed by atoms with Crippen LogP contribution in [0.25, 0.3) is 0 Å². The van der Waals surface area contributed by atoms with Gasteiger partial charge in [0.15, 0.2) is 5.78 Å². The zero-order valence-corrected chi connectivity index (χ0v) is 13.7. The lowest BCUT2D eigenvalue weighted by molar-refractivity contribution is 0.0993. The van der Waals surface area contributed by atoms with Gasteiger partial charge in [-0.25, -0.2) is 0 Å². The predicted octanol–water partition coefficient (Wildman–Crippen LogP) is 5.03. The quantitative estimate of drug-likeness (QED) is 0.721. The molecule has 21 heavy (non-hydrogen) atoms. The molecule has 110 valence electrons. The van der Waals surface area contributed by atoms with Crippen molar-refractivity contribution in [2.75, 3.05) is 0 Å². The van der Waals surface area contributed by atoms with Gasteiger partial charge < -0.3 is 0 Å². The SMILES string of the molecule is Cc1cc(C)cc(CC(=O)c2ccc(C(C)(C)C)cc2)c1. The first-order valence-corrected chi connectivity index (χ1v) is 7.46. The fraction of sp³-hybridized carbons (Fsp3) is 0.350. The van der Waals surface area contributed by atoms with Crippen LogP contribution in [-0.4, -0.2) is 5.78 Å². The molecule has 0 saturated carbocycles. The van der Waals surface area contributed by atoms with E-state index >= 15 is 0 Å². The van der Waals surface area contributed by atoms with Crippen molar-refractivity contribution in [2.24, 2.45) is 0 Å². The monoisotopic (exact) mass is 280 g/mol. The maximum atomic E-state index is 12.4. The molecule has 0 atom stereocenters. The number of Topliss-reactive ketones (excluding diaryl/α,β-unsaturated/α-hetero) is 1. The summed E-state index contributed by atoms with van der Waals surface area (Å²) in [5, 5.41) is 0. The Morgan fingerprint density at radius 3 is 1.90 bits per heavy atom.